The number of hydrogen-bond acceptors (Lipinski definition) is 4. The first kappa shape index (κ1) is 13.0. The molecule has 0 bridgehead atoms. The van der Waals surface area contributed by atoms with Crippen LogP contribution >= 0.6 is 0 Å². The van der Waals surface area contributed by atoms with Gasteiger partial charge in [-0.2, -0.15) is 0 Å². The highest BCUT2D eigenvalue weighted by Gasteiger charge is 2.04. The Morgan fingerprint density at radius 3 is 2.24 bits per heavy atom. The summed E-state index contributed by atoms with van der Waals surface area (Å²) in [6.45, 7) is 0. The van der Waals surface area contributed by atoms with Crippen LogP contribution in [0.3, 0.4) is 0 Å². The fourth-order valence-electron chi connectivity index (χ4n) is 2.14. The van der Waals surface area contributed by atoms with Crippen molar-refractivity contribution in [2.24, 2.45) is 10.2 Å². The third kappa shape index (κ3) is 2.51. The fraction of sp³-hybridized carbons (Fsp3) is 0. The average Bonchev–Trinajstić information content (AvgIpc) is 2.55. The number of fused-ring (bicyclic) bond motifs is 1. The second-order valence-electron chi connectivity index (χ2n) is 4.53. The van der Waals surface area contributed by atoms with Gasteiger partial charge in [0, 0.05) is 16.3 Å². The Hall–Kier alpha value is -3.01. The number of rotatable bonds is 3. The van der Waals surface area contributed by atoms with Gasteiger partial charge in [0.05, 0.1) is 11.4 Å². The molecule has 0 unspecified atom stereocenters. The first-order valence-corrected chi connectivity index (χ1v) is 6.46. The number of carbonyl (C=O) groups is 1. The summed E-state index contributed by atoms with van der Waals surface area (Å²) in [5.74, 6) is 0.206. The van der Waals surface area contributed by atoms with Gasteiger partial charge in [0.1, 0.15) is 5.75 Å². The van der Waals surface area contributed by atoms with E-state index in [0.29, 0.717) is 16.9 Å². The number of nitrogens with zero attached hydrogens (tertiary/aromatic N) is 2. The largest absolute Gasteiger partial charge is 0.507 e. The number of benzene rings is 3. The van der Waals surface area contributed by atoms with Gasteiger partial charge >= 0.3 is 0 Å². The summed E-state index contributed by atoms with van der Waals surface area (Å²) in [6, 6.07) is 17.7. The Balaban J connectivity index is 2.08. The van der Waals surface area contributed by atoms with E-state index in [1.54, 1.807) is 36.4 Å². The molecule has 0 saturated carbocycles. The van der Waals surface area contributed by atoms with Crippen LogP contribution in [-0.2, 0) is 0 Å². The summed E-state index contributed by atoms with van der Waals surface area (Å²) < 4.78 is 0. The highest BCUT2D eigenvalue weighted by atomic mass is 16.3. The molecule has 0 fully saturated rings. The Bertz CT molecular complexity index is 841. The van der Waals surface area contributed by atoms with E-state index in [9.17, 15) is 9.90 Å². The molecule has 0 amide bonds. The average molecular weight is 276 g/mol. The van der Waals surface area contributed by atoms with Crippen LogP contribution in [0.15, 0.2) is 70.9 Å². The van der Waals surface area contributed by atoms with E-state index in [1.807, 2.05) is 24.3 Å². The van der Waals surface area contributed by atoms with E-state index in [1.165, 1.54) is 0 Å². The number of azo groups is 1. The van der Waals surface area contributed by atoms with E-state index in [2.05, 4.69) is 10.2 Å². The zero-order valence-corrected chi connectivity index (χ0v) is 11.1. The molecule has 4 heteroatoms. The highest BCUT2D eigenvalue weighted by molar-refractivity contribution is 5.96. The quantitative estimate of drug-likeness (QED) is 0.553. The van der Waals surface area contributed by atoms with Gasteiger partial charge in [-0.05, 0) is 24.3 Å². The van der Waals surface area contributed by atoms with E-state index in [4.69, 9.17) is 0 Å². The Kier molecular flexibility index (Phi) is 3.43. The Morgan fingerprint density at radius 2 is 1.43 bits per heavy atom. The summed E-state index contributed by atoms with van der Waals surface area (Å²) in [4.78, 5) is 11.0. The SMILES string of the molecule is O=Cc1ccccc1N=Nc1ccc(O)c2ccccc12. The molecular weight excluding hydrogens is 264 g/mol. The summed E-state index contributed by atoms with van der Waals surface area (Å²) in [7, 11) is 0. The van der Waals surface area contributed by atoms with Crippen LogP contribution in [0.4, 0.5) is 11.4 Å². The third-order valence-electron chi connectivity index (χ3n) is 3.21. The zero-order chi connectivity index (χ0) is 14.7. The van der Waals surface area contributed by atoms with Crippen LogP contribution in [0.25, 0.3) is 10.8 Å². The molecule has 0 heterocycles. The van der Waals surface area contributed by atoms with E-state index in [0.717, 1.165) is 17.1 Å². The maximum atomic E-state index is 11.0. The van der Waals surface area contributed by atoms with Gasteiger partial charge in [0.15, 0.2) is 6.29 Å². The number of aromatic hydroxyl groups is 1. The normalized spacial score (nSPS) is 11.0. The standard InChI is InChI=1S/C17H12N2O2/c20-11-12-5-1-4-8-15(12)18-19-16-9-10-17(21)14-7-3-2-6-13(14)16/h1-11,21H. The van der Waals surface area contributed by atoms with Crippen molar-refractivity contribution in [2.45, 2.75) is 0 Å². The van der Waals surface area contributed by atoms with Crippen molar-refractivity contribution in [1.82, 2.24) is 0 Å². The predicted octanol–water partition coefficient (Wildman–Crippen LogP) is 4.77. The lowest BCUT2D eigenvalue weighted by atomic mass is 10.1. The van der Waals surface area contributed by atoms with Crippen LogP contribution in [0.1, 0.15) is 10.4 Å². The second kappa shape index (κ2) is 5.54. The molecule has 21 heavy (non-hydrogen) atoms. The van der Waals surface area contributed by atoms with Crippen molar-refractivity contribution in [3.05, 3.63) is 66.2 Å². The lowest BCUT2D eigenvalue weighted by Gasteiger charge is -2.03. The van der Waals surface area contributed by atoms with Crippen molar-refractivity contribution < 1.29 is 9.90 Å². The van der Waals surface area contributed by atoms with Gasteiger partial charge in [0.2, 0.25) is 0 Å². The van der Waals surface area contributed by atoms with Crippen molar-refractivity contribution in [2.75, 3.05) is 0 Å². The van der Waals surface area contributed by atoms with Crippen LogP contribution in [0.5, 0.6) is 5.75 Å². The summed E-state index contributed by atoms with van der Waals surface area (Å²) in [5.41, 5.74) is 1.65. The van der Waals surface area contributed by atoms with Gasteiger partial charge in [-0.25, -0.2) is 0 Å². The van der Waals surface area contributed by atoms with E-state index >= 15 is 0 Å². The molecule has 1 N–H and O–H groups in total. The molecular formula is C17H12N2O2. The number of aldehydes is 1. The van der Waals surface area contributed by atoms with Crippen molar-refractivity contribution >= 4 is 28.4 Å². The Labute approximate surface area is 121 Å². The minimum atomic E-state index is 0.206. The molecule has 0 atom stereocenters. The molecule has 0 aliphatic rings. The van der Waals surface area contributed by atoms with Gasteiger partial charge < -0.3 is 5.11 Å². The van der Waals surface area contributed by atoms with Crippen molar-refractivity contribution in [3.8, 4) is 5.75 Å². The lowest BCUT2D eigenvalue weighted by Crippen LogP contribution is -1.79. The van der Waals surface area contributed by atoms with Crippen LogP contribution in [0, 0.1) is 0 Å². The maximum absolute atomic E-state index is 11.0. The second-order valence-corrected chi connectivity index (χ2v) is 4.53. The van der Waals surface area contributed by atoms with Crippen molar-refractivity contribution in [1.29, 1.82) is 0 Å². The summed E-state index contributed by atoms with van der Waals surface area (Å²) in [5, 5.41) is 19.7. The molecule has 3 aromatic rings. The molecule has 0 spiro atoms. The number of hydrogen-bond donors (Lipinski definition) is 1. The van der Waals surface area contributed by atoms with Crippen LogP contribution < -0.4 is 0 Å². The molecule has 4 nitrogen and oxygen atoms in total. The molecule has 0 radical (unpaired) electrons. The van der Waals surface area contributed by atoms with Crippen LogP contribution in [0.2, 0.25) is 0 Å². The molecule has 0 aromatic heterocycles. The monoisotopic (exact) mass is 276 g/mol. The smallest absolute Gasteiger partial charge is 0.152 e. The molecule has 0 aliphatic carbocycles. The first-order chi connectivity index (χ1) is 10.3. The van der Waals surface area contributed by atoms with Gasteiger partial charge in [-0.3, -0.25) is 4.79 Å². The third-order valence-corrected chi connectivity index (χ3v) is 3.21. The van der Waals surface area contributed by atoms with Gasteiger partial charge in [-0.1, -0.05) is 36.4 Å². The van der Waals surface area contributed by atoms with Crippen molar-refractivity contribution in [3.63, 3.8) is 0 Å². The highest BCUT2D eigenvalue weighted by Crippen LogP contribution is 2.33. The molecule has 3 aromatic carbocycles. The summed E-state index contributed by atoms with van der Waals surface area (Å²) >= 11 is 0. The summed E-state index contributed by atoms with van der Waals surface area (Å²) in [6.07, 6.45) is 0.753. The van der Waals surface area contributed by atoms with E-state index < -0.39 is 0 Å². The minimum Gasteiger partial charge on any atom is -0.507 e. The van der Waals surface area contributed by atoms with E-state index in [-0.39, 0.29) is 5.75 Å². The molecule has 102 valence electrons. The van der Waals surface area contributed by atoms with Gasteiger partial charge in [-0.15, -0.1) is 10.2 Å². The maximum Gasteiger partial charge on any atom is 0.152 e. The minimum absolute atomic E-state index is 0.206. The topological polar surface area (TPSA) is 62.0 Å². The lowest BCUT2D eigenvalue weighted by molar-refractivity contribution is 0.112. The first-order valence-electron chi connectivity index (χ1n) is 6.46. The molecule has 0 aliphatic heterocycles. The predicted molar refractivity (Wildman–Crippen MR) is 81.6 cm³/mol. The van der Waals surface area contributed by atoms with Gasteiger partial charge in [0.25, 0.3) is 0 Å². The van der Waals surface area contributed by atoms with Crippen LogP contribution in [-0.4, -0.2) is 11.4 Å². The number of phenols is 1. The molecule has 0 saturated heterocycles. The fourth-order valence-corrected chi connectivity index (χ4v) is 2.14. The zero-order valence-electron chi connectivity index (χ0n) is 11.1. The number of carbonyl (C=O) groups excluding carboxylic acids is 1. The Morgan fingerprint density at radius 1 is 0.762 bits per heavy atom. The number of phenolic OH excluding ortho intramolecular Hbond substituents is 1. The molecule has 3 rings (SSSR count).